The number of ether oxygens (including phenoxy) is 1. The van der Waals surface area contributed by atoms with Crippen LogP contribution in [0.5, 0.6) is 5.75 Å². The maximum absolute atomic E-state index is 13.0. The number of hydrogen-bond donors (Lipinski definition) is 2. The highest BCUT2D eigenvalue weighted by molar-refractivity contribution is 7.89. The molecule has 0 aliphatic carbocycles. The average molecular weight is 537 g/mol. The molecular formula is C28H32N4O5S. The van der Waals surface area contributed by atoms with Crippen LogP contribution in [0.1, 0.15) is 26.3 Å². The molecule has 1 heterocycles. The van der Waals surface area contributed by atoms with Gasteiger partial charge in [-0.1, -0.05) is 30.3 Å². The van der Waals surface area contributed by atoms with E-state index in [4.69, 9.17) is 4.74 Å². The van der Waals surface area contributed by atoms with Gasteiger partial charge in [-0.2, -0.15) is 0 Å². The van der Waals surface area contributed by atoms with Gasteiger partial charge in [0.15, 0.2) is 0 Å². The summed E-state index contributed by atoms with van der Waals surface area (Å²) in [5.74, 6) is -0.382. The Bertz CT molecular complexity index is 1370. The van der Waals surface area contributed by atoms with Crippen LogP contribution in [0, 0.1) is 0 Å². The van der Waals surface area contributed by atoms with E-state index in [2.05, 4.69) is 14.9 Å². The predicted octanol–water partition coefficient (Wildman–Crippen LogP) is 2.86. The van der Waals surface area contributed by atoms with Crippen LogP contribution in [0.2, 0.25) is 0 Å². The Morgan fingerprint density at radius 2 is 1.55 bits per heavy atom. The first-order valence-corrected chi connectivity index (χ1v) is 13.9. The molecule has 0 bridgehead atoms. The smallest absolute Gasteiger partial charge is 0.255 e. The summed E-state index contributed by atoms with van der Waals surface area (Å²) < 4.78 is 33.9. The van der Waals surface area contributed by atoms with E-state index in [9.17, 15) is 18.0 Å². The Morgan fingerprint density at radius 1 is 0.895 bits per heavy atom. The van der Waals surface area contributed by atoms with Gasteiger partial charge < -0.3 is 19.9 Å². The fourth-order valence-electron chi connectivity index (χ4n) is 4.17. The van der Waals surface area contributed by atoms with E-state index in [-0.39, 0.29) is 28.7 Å². The maximum atomic E-state index is 13.0. The van der Waals surface area contributed by atoms with Gasteiger partial charge in [-0.25, -0.2) is 13.1 Å². The summed E-state index contributed by atoms with van der Waals surface area (Å²) in [5.41, 5.74) is 2.21. The standard InChI is InChI=1S/C28H32N4O5S/c1-31-16-18-32(19-17-31)28(34)22-8-11-24(12-9-22)30-27(33)23-10-13-25(37-2)26(20-23)38(35,36)29-15-14-21-6-4-3-5-7-21/h3-13,20,29H,14-19H2,1-2H3,(H,30,33). The Kier molecular flexibility index (Phi) is 8.77. The monoisotopic (exact) mass is 536 g/mol. The lowest BCUT2D eigenvalue weighted by Gasteiger charge is -2.32. The van der Waals surface area contributed by atoms with Crippen molar-refractivity contribution in [3.8, 4) is 5.75 Å². The van der Waals surface area contributed by atoms with Crippen molar-refractivity contribution in [1.82, 2.24) is 14.5 Å². The Morgan fingerprint density at radius 3 is 2.21 bits per heavy atom. The first-order valence-electron chi connectivity index (χ1n) is 12.4. The second-order valence-corrected chi connectivity index (χ2v) is 10.9. The summed E-state index contributed by atoms with van der Waals surface area (Å²) >= 11 is 0. The van der Waals surface area contributed by atoms with Crippen LogP contribution in [0.4, 0.5) is 5.69 Å². The molecule has 1 aliphatic rings. The normalized spacial score (nSPS) is 14.2. The van der Waals surface area contributed by atoms with Gasteiger partial charge in [0.25, 0.3) is 11.8 Å². The Hall–Kier alpha value is -3.73. The highest BCUT2D eigenvalue weighted by Crippen LogP contribution is 2.25. The molecule has 0 spiro atoms. The zero-order valence-electron chi connectivity index (χ0n) is 21.5. The minimum absolute atomic E-state index is 0.0410. The van der Waals surface area contributed by atoms with E-state index in [1.807, 2.05) is 42.3 Å². The summed E-state index contributed by atoms with van der Waals surface area (Å²) in [6, 6.07) is 20.5. The van der Waals surface area contributed by atoms with E-state index < -0.39 is 15.9 Å². The quantitative estimate of drug-likeness (QED) is 0.436. The third-order valence-electron chi connectivity index (χ3n) is 6.44. The van der Waals surface area contributed by atoms with Crippen molar-refractivity contribution >= 4 is 27.5 Å². The van der Waals surface area contributed by atoms with Crippen LogP contribution in [0.25, 0.3) is 0 Å². The fourth-order valence-corrected chi connectivity index (χ4v) is 5.40. The van der Waals surface area contributed by atoms with Gasteiger partial charge in [-0.05, 0) is 61.5 Å². The summed E-state index contributed by atoms with van der Waals surface area (Å²) in [7, 11) is -0.523. The van der Waals surface area contributed by atoms with Gasteiger partial charge in [0.1, 0.15) is 10.6 Å². The van der Waals surface area contributed by atoms with Crippen LogP contribution in [-0.4, -0.2) is 76.9 Å². The summed E-state index contributed by atoms with van der Waals surface area (Å²) in [5, 5.41) is 2.76. The molecule has 0 unspecified atom stereocenters. The lowest BCUT2D eigenvalue weighted by Crippen LogP contribution is -2.47. The first-order chi connectivity index (χ1) is 18.3. The Balaban J connectivity index is 1.42. The highest BCUT2D eigenvalue weighted by Gasteiger charge is 2.22. The number of anilines is 1. The number of amides is 2. The van der Waals surface area contributed by atoms with Gasteiger partial charge in [0.05, 0.1) is 7.11 Å². The van der Waals surface area contributed by atoms with Crippen molar-refractivity contribution in [1.29, 1.82) is 0 Å². The first kappa shape index (κ1) is 27.3. The summed E-state index contributed by atoms with van der Waals surface area (Å²) in [6.45, 7) is 3.23. The van der Waals surface area contributed by atoms with Gasteiger partial charge in [0.2, 0.25) is 10.0 Å². The van der Waals surface area contributed by atoms with Crippen molar-refractivity contribution < 1.29 is 22.7 Å². The predicted molar refractivity (Wildman–Crippen MR) is 146 cm³/mol. The largest absolute Gasteiger partial charge is 0.495 e. The van der Waals surface area contributed by atoms with Crippen LogP contribution in [0.3, 0.4) is 0 Å². The molecule has 200 valence electrons. The number of carbonyl (C=O) groups excluding carboxylic acids is 2. The third kappa shape index (κ3) is 6.77. The number of nitrogens with one attached hydrogen (secondary N) is 2. The lowest BCUT2D eigenvalue weighted by molar-refractivity contribution is 0.0664. The van der Waals surface area contributed by atoms with E-state index in [1.54, 1.807) is 24.3 Å². The van der Waals surface area contributed by atoms with Gasteiger partial charge in [-0.3, -0.25) is 9.59 Å². The minimum atomic E-state index is -3.93. The summed E-state index contributed by atoms with van der Waals surface area (Å²) in [6.07, 6.45) is 0.524. The summed E-state index contributed by atoms with van der Waals surface area (Å²) in [4.78, 5) is 29.6. The second-order valence-electron chi connectivity index (χ2n) is 9.13. The van der Waals surface area contributed by atoms with E-state index >= 15 is 0 Å². The molecule has 0 aromatic heterocycles. The molecule has 4 rings (SSSR count). The number of likely N-dealkylation sites (N-methyl/N-ethyl adjacent to an activating group) is 1. The number of benzene rings is 3. The maximum Gasteiger partial charge on any atom is 0.255 e. The van der Waals surface area contributed by atoms with Crippen LogP contribution < -0.4 is 14.8 Å². The van der Waals surface area contributed by atoms with E-state index in [1.165, 1.54) is 25.3 Å². The van der Waals surface area contributed by atoms with Crippen LogP contribution in [-0.2, 0) is 16.4 Å². The molecule has 38 heavy (non-hydrogen) atoms. The molecule has 1 saturated heterocycles. The zero-order valence-corrected chi connectivity index (χ0v) is 22.3. The lowest BCUT2D eigenvalue weighted by atomic mass is 10.1. The third-order valence-corrected chi connectivity index (χ3v) is 7.93. The number of hydrogen-bond acceptors (Lipinski definition) is 6. The molecule has 0 atom stereocenters. The van der Waals surface area contributed by atoms with Crippen molar-refractivity contribution in [2.75, 3.05) is 52.2 Å². The molecule has 2 amide bonds. The number of sulfonamides is 1. The molecule has 1 aliphatic heterocycles. The van der Waals surface area contributed by atoms with Gasteiger partial charge in [0, 0.05) is 49.5 Å². The number of piperazine rings is 1. The fraction of sp³-hybridized carbons (Fsp3) is 0.286. The molecule has 1 fully saturated rings. The van der Waals surface area contributed by atoms with Crippen molar-refractivity contribution in [3.63, 3.8) is 0 Å². The van der Waals surface area contributed by atoms with Crippen LogP contribution in [0.15, 0.2) is 77.7 Å². The molecule has 2 N–H and O–H groups in total. The molecular weight excluding hydrogens is 504 g/mol. The van der Waals surface area contributed by atoms with Gasteiger partial charge >= 0.3 is 0 Å². The minimum Gasteiger partial charge on any atom is -0.495 e. The molecule has 0 radical (unpaired) electrons. The van der Waals surface area contributed by atoms with E-state index in [0.717, 1.165) is 18.7 Å². The molecule has 3 aromatic carbocycles. The average Bonchev–Trinajstić information content (AvgIpc) is 2.93. The second kappa shape index (κ2) is 12.2. The van der Waals surface area contributed by atoms with Crippen molar-refractivity contribution in [2.24, 2.45) is 0 Å². The van der Waals surface area contributed by atoms with E-state index in [0.29, 0.717) is 30.8 Å². The van der Waals surface area contributed by atoms with Crippen molar-refractivity contribution in [2.45, 2.75) is 11.3 Å². The van der Waals surface area contributed by atoms with Crippen LogP contribution >= 0.6 is 0 Å². The zero-order chi connectivity index (χ0) is 27.1. The molecule has 0 saturated carbocycles. The van der Waals surface area contributed by atoms with Crippen molar-refractivity contribution in [3.05, 3.63) is 89.5 Å². The highest BCUT2D eigenvalue weighted by atomic mass is 32.2. The van der Waals surface area contributed by atoms with Gasteiger partial charge in [-0.15, -0.1) is 0 Å². The number of methoxy groups -OCH3 is 1. The number of carbonyl (C=O) groups is 2. The SMILES string of the molecule is COc1ccc(C(=O)Nc2ccc(C(=O)N3CCN(C)CC3)cc2)cc1S(=O)(=O)NCCc1ccccc1. The topological polar surface area (TPSA) is 108 Å². The number of nitrogens with zero attached hydrogens (tertiary/aromatic N) is 2. The molecule has 9 nitrogen and oxygen atoms in total. The molecule has 10 heteroatoms. The number of rotatable bonds is 9. The Labute approximate surface area is 223 Å². The molecule has 3 aromatic rings.